The van der Waals surface area contributed by atoms with Gasteiger partial charge in [0.1, 0.15) is 5.82 Å². The lowest BCUT2D eigenvalue weighted by Gasteiger charge is -2.08. The van der Waals surface area contributed by atoms with Crippen molar-refractivity contribution in [2.45, 2.75) is 71.8 Å². The number of unbranched alkanes of at least 4 members (excludes halogenated alkanes) is 4. The monoisotopic (exact) mass is 420 g/mol. The SMILES string of the molecule is CCCCCc1nc(CCCCC)n(Cc2ccc(-c3ccccc3C(=O)O)cn2)n1. The van der Waals surface area contributed by atoms with E-state index < -0.39 is 5.97 Å². The molecule has 0 aliphatic rings. The van der Waals surface area contributed by atoms with E-state index >= 15 is 0 Å². The second kappa shape index (κ2) is 11.4. The summed E-state index contributed by atoms with van der Waals surface area (Å²) < 4.78 is 1.99. The van der Waals surface area contributed by atoms with Crippen molar-refractivity contribution in [3.8, 4) is 11.1 Å². The summed E-state index contributed by atoms with van der Waals surface area (Å²) in [5.41, 5.74) is 2.64. The van der Waals surface area contributed by atoms with Crippen LogP contribution in [0.25, 0.3) is 11.1 Å². The van der Waals surface area contributed by atoms with Crippen LogP contribution < -0.4 is 0 Å². The number of hydrogen-bond acceptors (Lipinski definition) is 4. The van der Waals surface area contributed by atoms with E-state index in [9.17, 15) is 9.90 Å². The molecule has 6 nitrogen and oxygen atoms in total. The fourth-order valence-corrected chi connectivity index (χ4v) is 3.66. The number of carboxylic acid groups (broad SMARTS) is 1. The fraction of sp³-hybridized carbons (Fsp3) is 0.440. The number of nitrogens with zero attached hydrogens (tertiary/aromatic N) is 4. The predicted octanol–water partition coefficient (Wildman–Crippen LogP) is 5.55. The van der Waals surface area contributed by atoms with Gasteiger partial charge in [0.25, 0.3) is 0 Å². The molecule has 1 aromatic carbocycles. The Labute approximate surface area is 184 Å². The van der Waals surface area contributed by atoms with Crippen LogP contribution >= 0.6 is 0 Å². The normalized spacial score (nSPS) is 11.0. The third-order valence-corrected chi connectivity index (χ3v) is 5.41. The first-order valence-corrected chi connectivity index (χ1v) is 11.3. The van der Waals surface area contributed by atoms with Crippen LogP contribution in [-0.4, -0.2) is 30.8 Å². The van der Waals surface area contributed by atoms with E-state index in [1.54, 1.807) is 18.3 Å². The van der Waals surface area contributed by atoms with Crippen LogP contribution in [0.5, 0.6) is 0 Å². The molecule has 2 heterocycles. The molecule has 0 bridgehead atoms. The largest absolute Gasteiger partial charge is 0.478 e. The molecule has 3 aromatic rings. The van der Waals surface area contributed by atoms with Crippen molar-refractivity contribution in [3.63, 3.8) is 0 Å². The summed E-state index contributed by atoms with van der Waals surface area (Å²) >= 11 is 0. The number of carbonyl (C=O) groups is 1. The van der Waals surface area contributed by atoms with Crippen molar-refractivity contribution in [1.29, 1.82) is 0 Å². The minimum Gasteiger partial charge on any atom is -0.478 e. The van der Waals surface area contributed by atoms with Crippen molar-refractivity contribution < 1.29 is 9.90 Å². The molecule has 0 aliphatic carbocycles. The minimum atomic E-state index is -0.936. The van der Waals surface area contributed by atoms with Crippen molar-refractivity contribution in [2.24, 2.45) is 0 Å². The second-order valence-electron chi connectivity index (χ2n) is 7.91. The first-order chi connectivity index (χ1) is 15.1. The summed E-state index contributed by atoms with van der Waals surface area (Å²) in [5.74, 6) is 1.02. The Morgan fingerprint density at radius 3 is 2.39 bits per heavy atom. The number of carboxylic acids is 1. The summed E-state index contributed by atoms with van der Waals surface area (Å²) in [5, 5.41) is 14.2. The Balaban J connectivity index is 1.77. The molecule has 2 aromatic heterocycles. The predicted molar refractivity (Wildman–Crippen MR) is 122 cm³/mol. The number of pyridine rings is 1. The zero-order chi connectivity index (χ0) is 22.1. The van der Waals surface area contributed by atoms with Gasteiger partial charge in [-0.15, -0.1) is 0 Å². The molecule has 0 saturated heterocycles. The van der Waals surface area contributed by atoms with Gasteiger partial charge in [0.05, 0.1) is 17.8 Å². The van der Waals surface area contributed by atoms with Crippen LogP contribution in [0.3, 0.4) is 0 Å². The molecule has 0 spiro atoms. The van der Waals surface area contributed by atoms with Crippen LogP contribution in [0.15, 0.2) is 42.6 Å². The molecule has 1 N–H and O–H groups in total. The third kappa shape index (κ3) is 6.23. The molecule has 31 heavy (non-hydrogen) atoms. The van der Waals surface area contributed by atoms with Crippen LogP contribution in [0.2, 0.25) is 0 Å². The highest BCUT2D eigenvalue weighted by Crippen LogP contribution is 2.23. The lowest BCUT2D eigenvalue weighted by Crippen LogP contribution is -2.09. The first kappa shape index (κ1) is 22.7. The summed E-state index contributed by atoms with van der Waals surface area (Å²) in [7, 11) is 0. The van der Waals surface area contributed by atoms with Crippen molar-refractivity contribution in [1.82, 2.24) is 19.7 Å². The van der Waals surface area contributed by atoms with Gasteiger partial charge in [-0.2, -0.15) is 5.10 Å². The standard InChI is InChI=1S/C25H32N4O2/c1-3-5-7-13-23-27-24(14-8-6-4-2)29(28-23)18-20-16-15-19(17-26-20)21-11-9-10-12-22(21)25(30)31/h9-12,15-17H,3-8,13-14,18H2,1-2H3,(H,30,31). The molecule has 0 atom stereocenters. The first-order valence-electron chi connectivity index (χ1n) is 11.3. The summed E-state index contributed by atoms with van der Waals surface area (Å²) in [6.07, 6.45) is 10.6. The topological polar surface area (TPSA) is 80.9 Å². The molecule has 0 amide bonds. The highest BCUT2D eigenvalue weighted by molar-refractivity contribution is 5.95. The lowest BCUT2D eigenvalue weighted by atomic mass is 10.0. The zero-order valence-corrected chi connectivity index (χ0v) is 18.5. The van der Waals surface area contributed by atoms with E-state index in [0.717, 1.165) is 48.6 Å². The van der Waals surface area contributed by atoms with Gasteiger partial charge in [-0.3, -0.25) is 4.98 Å². The highest BCUT2D eigenvalue weighted by atomic mass is 16.4. The van der Waals surface area contributed by atoms with Gasteiger partial charge >= 0.3 is 5.97 Å². The van der Waals surface area contributed by atoms with Gasteiger partial charge in [0.2, 0.25) is 0 Å². The van der Waals surface area contributed by atoms with Crippen LogP contribution in [0.1, 0.15) is 80.1 Å². The number of hydrogen-bond donors (Lipinski definition) is 1. The maximum atomic E-state index is 11.5. The highest BCUT2D eigenvalue weighted by Gasteiger charge is 2.13. The number of benzene rings is 1. The number of aryl methyl sites for hydroxylation is 2. The van der Waals surface area contributed by atoms with Gasteiger partial charge in [-0.1, -0.05) is 63.8 Å². The third-order valence-electron chi connectivity index (χ3n) is 5.41. The Kier molecular flexibility index (Phi) is 8.33. The van der Waals surface area contributed by atoms with E-state index in [0.29, 0.717) is 12.1 Å². The fourth-order valence-electron chi connectivity index (χ4n) is 3.66. The van der Waals surface area contributed by atoms with E-state index in [-0.39, 0.29) is 5.56 Å². The Morgan fingerprint density at radius 1 is 0.968 bits per heavy atom. The summed E-state index contributed by atoms with van der Waals surface area (Å²) in [6.45, 7) is 4.98. The molecule has 6 heteroatoms. The van der Waals surface area contributed by atoms with Crippen molar-refractivity contribution in [2.75, 3.05) is 0 Å². The molecule has 0 aliphatic heterocycles. The molecule has 3 rings (SSSR count). The summed E-state index contributed by atoms with van der Waals surface area (Å²) in [4.78, 5) is 20.9. The molecule has 0 saturated carbocycles. The molecule has 0 fully saturated rings. The number of aromatic carboxylic acids is 1. The molecular weight excluding hydrogens is 388 g/mol. The van der Waals surface area contributed by atoms with Crippen LogP contribution in [0.4, 0.5) is 0 Å². The number of aromatic nitrogens is 4. The van der Waals surface area contributed by atoms with E-state index in [1.165, 1.54) is 25.7 Å². The van der Waals surface area contributed by atoms with Crippen molar-refractivity contribution in [3.05, 3.63) is 65.5 Å². The van der Waals surface area contributed by atoms with Gasteiger partial charge in [-0.25, -0.2) is 14.5 Å². The van der Waals surface area contributed by atoms with Crippen LogP contribution in [-0.2, 0) is 19.4 Å². The lowest BCUT2D eigenvalue weighted by molar-refractivity contribution is 0.0697. The Hall–Kier alpha value is -3.02. The Bertz CT molecular complexity index is 979. The van der Waals surface area contributed by atoms with Gasteiger partial charge < -0.3 is 5.11 Å². The van der Waals surface area contributed by atoms with E-state index in [4.69, 9.17) is 10.1 Å². The average molecular weight is 421 g/mol. The maximum absolute atomic E-state index is 11.5. The van der Waals surface area contributed by atoms with Gasteiger partial charge in [0, 0.05) is 24.6 Å². The average Bonchev–Trinajstić information content (AvgIpc) is 3.16. The minimum absolute atomic E-state index is 0.281. The van der Waals surface area contributed by atoms with E-state index in [2.05, 4.69) is 18.8 Å². The molecule has 0 unspecified atom stereocenters. The van der Waals surface area contributed by atoms with Gasteiger partial charge in [0.15, 0.2) is 5.82 Å². The molecular formula is C25H32N4O2. The molecule has 164 valence electrons. The maximum Gasteiger partial charge on any atom is 0.336 e. The Morgan fingerprint density at radius 2 is 1.71 bits per heavy atom. The quantitative estimate of drug-likeness (QED) is 0.388. The number of rotatable bonds is 12. The smallest absolute Gasteiger partial charge is 0.336 e. The van der Waals surface area contributed by atoms with Crippen LogP contribution in [0, 0.1) is 0 Å². The second-order valence-corrected chi connectivity index (χ2v) is 7.91. The molecule has 0 radical (unpaired) electrons. The zero-order valence-electron chi connectivity index (χ0n) is 18.5. The van der Waals surface area contributed by atoms with Crippen molar-refractivity contribution >= 4 is 5.97 Å². The van der Waals surface area contributed by atoms with Gasteiger partial charge in [-0.05, 0) is 30.5 Å². The van der Waals surface area contributed by atoms with E-state index in [1.807, 2.05) is 28.9 Å². The summed E-state index contributed by atoms with van der Waals surface area (Å²) in [6, 6.07) is 10.9.